The van der Waals surface area contributed by atoms with Crippen LogP contribution in [0.1, 0.15) is 53.0 Å². The molecule has 0 unspecified atom stereocenters. The van der Waals surface area contributed by atoms with E-state index in [1.54, 1.807) is 4.57 Å². The molecule has 0 saturated carbocycles. The molecule has 6 nitrogen and oxygen atoms in total. The van der Waals surface area contributed by atoms with E-state index in [9.17, 15) is 9.59 Å². The van der Waals surface area contributed by atoms with E-state index in [2.05, 4.69) is 56.5 Å². The summed E-state index contributed by atoms with van der Waals surface area (Å²) in [5.41, 5.74) is 8.41. The molecule has 4 aromatic rings. The second-order valence-electron chi connectivity index (χ2n) is 9.65. The maximum atomic E-state index is 13.9. The van der Waals surface area contributed by atoms with Crippen molar-refractivity contribution in [2.75, 3.05) is 7.11 Å². The minimum Gasteiger partial charge on any atom is -0.466 e. The largest absolute Gasteiger partial charge is 0.466 e. The van der Waals surface area contributed by atoms with E-state index >= 15 is 0 Å². The molecule has 0 fully saturated rings. The molecule has 7 heteroatoms. The lowest BCUT2D eigenvalue weighted by molar-refractivity contribution is -0.136. The SMILES string of the molecule is CCC1=C(C(=O)OC)[C@@H](c2ccccc2)n2c(s/c(=C\c3cc(C)n(-c4ccc(C)cc4C)c3C)c2=O)=N1. The Kier molecular flexibility index (Phi) is 6.80. The van der Waals surface area contributed by atoms with Gasteiger partial charge in [-0.05, 0) is 69.0 Å². The molecular formula is C31H31N3O3S. The van der Waals surface area contributed by atoms with Crippen LogP contribution >= 0.6 is 11.3 Å². The van der Waals surface area contributed by atoms with Crippen molar-refractivity contribution in [1.82, 2.24) is 9.13 Å². The number of nitrogens with zero attached hydrogens (tertiary/aromatic N) is 3. The van der Waals surface area contributed by atoms with Gasteiger partial charge in [0.1, 0.15) is 0 Å². The van der Waals surface area contributed by atoms with E-state index < -0.39 is 12.0 Å². The van der Waals surface area contributed by atoms with Gasteiger partial charge in [0.2, 0.25) is 0 Å². The molecule has 1 aliphatic rings. The molecule has 0 amide bonds. The van der Waals surface area contributed by atoms with Crippen molar-refractivity contribution in [1.29, 1.82) is 0 Å². The van der Waals surface area contributed by atoms with Gasteiger partial charge in [0.05, 0.1) is 29.0 Å². The minimum atomic E-state index is -0.598. The van der Waals surface area contributed by atoms with Crippen molar-refractivity contribution in [3.8, 4) is 5.69 Å². The van der Waals surface area contributed by atoms with Gasteiger partial charge in [0, 0.05) is 17.1 Å². The molecule has 0 bridgehead atoms. The van der Waals surface area contributed by atoms with E-state index in [-0.39, 0.29) is 5.56 Å². The first-order valence-corrected chi connectivity index (χ1v) is 13.5. The second-order valence-corrected chi connectivity index (χ2v) is 10.7. The Balaban J connectivity index is 1.72. The summed E-state index contributed by atoms with van der Waals surface area (Å²) in [6, 6.07) is 17.6. The van der Waals surface area contributed by atoms with Crippen molar-refractivity contribution >= 4 is 23.4 Å². The molecule has 5 rings (SSSR count). The molecule has 0 N–H and O–H groups in total. The number of methoxy groups -OCH3 is 1. The Morgan fingerprint density at radius 3 is 2.47 bits per heavy atom. The molecule has 194 valence electrons. The number of carbonyl (C=O) groups is 1. The number of rotatable bonds is 5. The number of aryl methyl sites for hydroxylation is 3. The van der Waals surface area contributed by atoms with E-state index in [1.807, 2.05) is 43.3 Å². The van der Waals surface area contributed by atoms with Crippen LogP contribution in [-0.2, 0) is 9.53 Å². The van der Waals surface area contributed by atoms with Crippen molar-refractivity contribution < 1.29 is 9.53 Å². The Labute approximate surface area is 225 Å². The minimum absolute atomic E-state index is 0.171. The number of ether oxygens (including phenoxy) is 1. The number of esters is 1. The summed E-state index contributed by atoms with van der Waals surface area (Å²) in [4.78, 5) is 32.2. The zero-order chi connectivity index (χ0) is 27.1. The fourth-order valence-corrected chi connectivity index (χ4v) is 6.33. The number of thiazole rings is 1. The van der Waals surface area contributed by atoms with Gasteiger partial charge in [0.15, 0.2) is 4.80 Å². The Bertz CT molecular complexity index is 1770. The Morgan fingerprint density at radius 1 is 1.08 bits per heavy atom. The zero-order valence-electron chi connectivity index (χ0n) is 22.5. The lowest BCUT2D eigenvalue weighted by atomic mass is 9.95. The molecule has 1 aliphatic heterocycles. The van der Waals surface area contributed by atoms with Crippen LogP contribution in [0.15, 0.2) is 75.7 Å². The first-order valence-electron chi connectivity index (χ1n) is 12.7. The van der Waals surface area contributed by atoms with Crippen LogP contribution in [0.2, 0.25) is 0 Å². The number of aromatic nitrogens is 2. The van der Waals surface area contributed by atoms with Gasteiger partial charge in [-0.2, -0.15) is 0 Å². The highest BCUT2D eigenvalue weighted by Crippen LogP contribution is 2.32. The fourth-order valence-electron chi connectivity index (χ4n) is 5.32. The zero-order valence-corrected chi connectivity index (χ0v) is 23.3. The average Bonchev–Trinajstić information content (AvgIpc) is 3.37. The van der Waals surface area contributed by atoms with Crippen LogP contribution in [-0.4, -0.2) is 22.2 Å². The number of allylic oxidation sites excluding steroid dienone is 1. The number of benzene rings is 2. The molecular weight excluding hydrogens is 494 g/mol. The van der Waals surface area contributed by atoms with Crippen molar-refractivity contribution in [3.63, 3.8) is 0 Å². The predicted molar refractivity (Wildman–Crippen MR) is 152 cm³/mol. The number of hydrogen-bond donors (Lipinski definition) is 0. The van der Waals surface area contributed by atoms with Crippen LogP contribution in [0.4, 0.5) is 0 Å². The molecule has 2 aromatic carbocycles. The fraction of sp³-hybridized carbons (Fsp3) is 0.258. The van der Waals surface area contributed by atoms with Crippen LogP contribution in [0.5, 0.6) is 0 Å². The molecule has 1 atom stereocenters. The van der Waals surface area contributed by atoms with Gasteiger partial charge in [-0.25, -0.2) is 9.79 Å². The van der Waals surface area contributed by atoms with Gasteiger partial charge >= 0.3 is 5.97 Å². The smallest absolute Gasteiger partial charge is 0.338 e. The monoisotopic (exact) mass is 525 g/mol. The summed E-state index contributed by atoms with van der Waals surface area (Å²) >= 11 is 1.35. The van der Waals surface area contributed by atoms with Crippen molar-refractivity contribution in [3.05, 3.63) is 119 Å². The maximum absolute atomic E-state index is 13.9. The summed E-state index contributed by atoms with van der Waals surface area (Å²) in [5.74, 6) is -0.467. The van der Waals surface area contributed by atoms with Gasteiger partial charge in [0.25, 0.3) is 5.56 Å². The lowest BCUT2D eigenvalue weighted by Gasteiger charge is -2.25. The number of fused-ring (bicyclic) bond motifs is 1. The van der Waals surface area contributed by atoms with E-state index in [0.29, 0.717) is 27.0 Å². The molecule has 38 heavy (non-hydrogen) atoms. The maximum Gasteiger partial charge on any atom is 0.338 e. The van der Waals surface area contributed by atoms with Crippen LogP contribution in [0.3, 0.4) is 0 Å². The third-order valence-electron chi connectivity index (χ3n) is 7.12. The highest BCUT2D eigenvalue weighted by molar-refractivity contribution is 7.07. The van der Waals surface area contributed by atoms with Crippen molar-refractivity contribution in [2.24, 2.45) is 4.99 Å². The third-order valence-corrected chi connectivity index (χ3v) is 8.10. The molecule has 2 aromatic heterocycles. The number of hydrogen-bond acceptors (Lipinski definition) is 5. The first-order chi connectivity index (χ1) is 18.2. The van der Waals surface area contributed by atoms with E-state index in [1.165, 1.54) is 29.6 Å². The van der Waals surface area contributed by atoms with E-state index in [0.717, 1.165) is 28.2 Å². The first kappa shape index (κ1) is 25.7. The summed E-state index contributed by atoms with van der Waals surface area (Å²) in [7, 11) is 1.36. The second kappa shape index (κ2) is 10.1. The normalized spacial score (nSPS) is 15.4. The summed E-state index contributed by atoms with van der Waals surface area (Å²) in [6.45, 7) is 10.3. The average molecular weight is 526 g/mol. The van der Waals surface area contributed by atoms with Gasteiger partial charge in [-0.3, -0.25) is 9.36 Å². The van der Waals surface area contributed by atoms with Crippen LogP contribution < -0.4 is 14.9 Å². The Morgan fingerprint density at radius 2 is 1.82 bits per heavy atom. The van der Waals surface area contributed by atoms with Gasteiger partial charge < -0.3 is 9.30 Å². The molecule has 3 heterocycles. The lowest BCUT2D eigenvalue weighted by Crippen LogP contribution is -2.40. The van der Waals surface area contributed by atoms with Gasteiger partial charge in [-0.1, -0.05) is 66.3 Å². The molecule has 0 radical (unpaired) electrons. The number of carbonyl (C=O) groups excluding carboxylic acids is 1. The van der Waals surface area contributed by atoms with Crippen molar-refractivity contribution in [2.45, 2.75) is 47.1 Å². The molecule has 0 spiro atoms. The molecule has 0 aliphatic carbocycles. The van der Waals surface area contributed by atoms with E-state index in [4.69, 9.17) is 9.73 Å². The Hall–Kier alpha value is -3.97. The highest BCUT2D eigenvalue weighted by atomic mass is 32.1. The quantitative estimate of drug-likeness (QED) is 0.351. The summed E-state index contributed by atoms with van der Waals surface area (Å²) in [5, 5.41) is 0. The van der Waals surface area contributed by atoms with Gasteiger partial charge in [-0.15, -0.1) is 0 Å². The predicted octanol–water partition coefficient (Wildman–Crippen LogP) is 4.82. The standard InChI is InChI=1S/C31H31N3O3S/c1-7-24-27(30(36)37-6)28(22-11-9-8-10-12-22)34-29(35)26(38-31(34)32-24)17-23-16-20(4)33(21(23)5)25-14-13-18(2)15-19(25)3/h8-17,28H,7H2,1-6H3/b26-17-/t28-/m1/s1. The van der Waals surface area contributed by atoms with Crippen LogP contribution in [0, 0.1) is 27.7 Å². The third kappa shape index (κ3) is 4.27. The van der Waals surface area contributed by atoms with Crippen LogP contribution in [0.25, 0.3) is 11.8 Å². The highest BCUT2D eigenvalue weighted by Gasteiger charge is 2.33. The summed E-state index contributed by atoms with van der Waals surface area (Å²) in [6.07, 6.45) is 2.50. The summed E-state index contributed by atoms with van der Waals surface area (Å²) < 4.78 is 9.59. The molecule has 0 saturated heterocycles. The topological polar surface area (TPSA) is 65.6 Å².